The lowest BCUT2D eigenvalue weighted by Gasteiger charge is -1.96. The highest BCUT2D eigenvalue weighted by Crippen LogP contribution is 2.18. The lowest BCUT2D eigenvalue weighted by Crippen LogP contribution is -1.90. The van der Waals surface area contributed by atoms with Crippen molar-refractivity contribution in [2.45, 2.75) is 6.42 Å². The highest BCUT2D eigenvalue weighted by Gasteiger charge is 2.08. The van der Waals surface area contributed by atoms with Gasteiger partial charge in [0.1, 0.15) is 0 Å². The quantitative estimate of drug-likeness (QED) is 0.722. The van der Waals surface area contributed by atoms with Crippen molar-refractivity contribution in [3.63, 3.8) is 0 Å². The Morgan fingerprint density at radius 1 is 0.947 bits per heavy atom. The van der Waals surface area contributed by atoms with Gasteiger partial charge in [-0.1, -0.05) is 47.1 Å². The van der Waals surface area contributed by atoms with E-state index in [-0.39, 0.29) is 0 Å². The van der Waals surface area contributed by atoms with Crippen LogP contribution in [0, 0.1) is 0 Å². The normalized spacial score (nSPS) is 10.6. The molecule has 94 valence electrons. The Labute approximate surface area is 115 Å². The Morgan fingerprint density at radius 2 is 1.68 bits per heavy atom. The standard InChI is InChI=1S/C15H11ClN2O/c16-13-8-6-11(7-9-13)10-14-17-15(19-18-14)12-4-2-1-3-5-12/h1-9H,10H2. The predicted octanol–water partition coefficient (Wildman–Crippen LogP) is 3.98. The molecule has 0 unspecified atom stereocenters. The van der Waals surface area contributed by atoms with E-state index in [4.69, 9.17) is 16.1 Å². The molecule has 0 atom stereocenters. The van der Waals surface area contributed by atoms with Crippen LogP contribution in [0.25, 0.3) is 11.5 Å². The number of benzene rings is 2. The summed E-state index contributed by atoms with van der Waals surface area (Å²) < 4.78 is 5.26. The number of aromatic nitrogens is 2. The minimum absolute atomic E-state index is 0.546. The SMILES string of the molecule is Clc1ccc(Cc2noc(-c3ccccc3)n2)cc1. The predicted molar refractivity (Wildman–Crippen MR) is 74.0 cm³/mol. The smallest absolute Gasteiger partial charge is 0.257 e. The third-order valence-corrected chi connectivity index (χ3v) is 3.02. The summed E-state index contributed by atoms with van der Waals surface area (Å²) in [5, 5.41) is 4.72. The molecule has 0 aliphatic rings. The molecule has 3 rings (SSSR count). The third kappa shape index (κ3) is 2.83. The zero-order chi connectivity index (χ0) is 13.1. The molecule has 3 aromatic rings. The van der Waals surface area contributed by atoms with Gasteiger partial charge in [-0.2, -0.15) is 4.98 Å². The van der Waals surface area contributed by atoms with Crippen LogP contribution >= 0.6 is 11.6 Å². The van der Waals surface area contributed by atoms with Crippen LogP contribution in [-0.2, 0) is 6.42 Å². The van der Waals surface area contributed by atoms with Crippen LogP contribution in [0.1, 0.15) is 11.4 Å². The van der Waals surface area contributed by atoms with Crippen LogP contribution in [0.2, 0.25) is 5.02 Å². The fraction of sp³-hybridized carbons (Fsp3) is 0.0667. The van der Waals surface area contributed by atoms with Gasteiger partial charge >= 0.3 is 0 Å². The van der Waals surface area contributed by atoms with E-state index in [1.54, 1.807) is 0 Å². The lowest BCUT2D eigenvalue weighted by molar-refractivity contribution is 0.424. The first-order chi connectivity index (χ1) is 9.31. The van der Waals surface area contributed by atoms with E-state index in [1.807, 2.05) is 54.6 Å². The molecular formula is C15H11ClN2O. The van der Waals surface area contributed by atoms with Gasteiger partial charge in [-0.15, -0.1) is 0 Å². The Bertz CT molecular complexity index is 662. The first-order valence-corrected chi connectivity index (χ1v) is 6.31. The molecule has 0 aliphatic carbocycles. The molecule has 1 heterocycles. The second-order valence-electron chi connectivity index (χ2n) is 4.19. The molecule has 0 radical (unpaired) electrons. The van der Waals surface area contributed by atoms with Crippen LogP contribution in [0.15, 0.2) is 59.1 Å². The first kappa shape index (κ1) is 11.9. The highest BCUT2D eigenvalue weighted by molar-refractivity contribution is 6.30. The monoisotopic (exact) mass is 270 g/mol. The third-order valence-electron chi connectivity index (χ3n) is 2.76. The summed E-state index contributed by atoms with van der Waals surface area (Å²) >= 11 is 5.85. The van der Waals surface area contributed by atoms with Gasteiger partial charge in [0.05, 0.1) is 0 Å². The average molecular weight is 271 g/mol. The van der Waals surface area contributed by atoms with Gasteiger partial charge in [-0.3, -0.25) is 0 Å². The lowest BCUT2D eigenvalue weighted by atomic mass is 10.1. The molecule has 1 aromatic heterocycles. The average Bonchev–Trinajstić information content (AvgIpc) is 2.91. The molecule has 0 N–H and O–H groups in total. The van der Waals surface area contributed by atoms with Crippen LogP contribution in [-0.4, -0.2) is 10.1 Å². The van der Waals surface area contributed by atoms with Gasteiger partial charge in [0, 0.05) is 17.0 Å². The van der Waals surface area contributed by atoms with Crippen molar-refractivity contribution in [3.05, 3.63) is 71.0 Å². The minimum atomic E-state index is 0.546. The largest absolute Gasteiger partial charge is 0.334 e. The zero-order valence-corrected chi connectivity index (χ0v) is 10.8. The number of hydrogen-bond acceptors (Lipinski definition) is 3. The molecule has 0 amide bonds. The maximum absolute atomic E-state index is 5.85. The topological polar surface area (TPSA) is 38.9 Å². The molecule has 2 aromatic carbocycles. The maximum atomic E-state index is 5.85. The van der Waals surface area contributed by atoms with E-state index in [9.17, 15) is 0 Å². The Hall–Kier alpha value is -2.13. The summed E-state index contributed by atoms with van der Waals surface area (Å²) in [5.74, 6) is 1.21. The van der Waals surface area contributed by atoms with Crippen LogP contribution in [0.5, 0.6) is 0 Å². The molecule has 3 nitrogen and oxygen atoms in total. The summed E-state index contributed by atoms with van der Waals surface area (Å²) in [4.78, 5) is 4.39. The first-order valence-electron chi connectivity index (χ1n) is 5.94. The number of hydrogen-bond donors (Lipinski definition) is 0. The van der Waals surface area contributed by atoms with E-state index in [1.165, 1.54) is 0 Å². The molecular weight excluding hydrogens is 260 g/mol. The van der Waals surface area contributed by atoms with Crippen LogP contribution in [0.3, 0.4) is 0 Å². The van der Waals surface area contributed by atoms with Crippen molar-refractivity contribution in [1.29, 1.82) is 0 Å². The Balaban J connectivity index is 1.80. The Morgan fingerprint density at radius 3 is 2.42 bits per heavy atom. The van der Waals surface area contributed by atoms with Crippen molar-refractivity contribution in [2.24, 2.45) is 0 Å². The van der Waals surface area contributed by atoms with Crippen LogP contribution < -0.4 is 0 Å². The summed E-state index contributed by atoms with van der Waals surface area (Å²) in [7, 11) is 0. The fourth-order valence-electron chi connectivity index (χ4n) is 1.81. The molecule has 19 heavy (non-hydrogen) atoms. The summed E-state index contributed by atoms with van der Waals surface area (Å²) in [6.07, 6.45) is 0.632. The van der Waals surface area contributed by atoms with E-state index in [0.717, 1.165) is 16.1 Å². The second kappa shape index (κ2) is 5.24. The van der Waals surface area contributed by atoms with E-state index >= 15 is 0 Å². The minimum Gasteiger partial charge on any atom is -0.334 e. The van der Waals surface area contributed by atoms with Gasteiger partial charge in [-0.25, -0.2) is 0 Å². The van der Waals surface area contributed by atoms with Crippen molar-refractivity contribution in [1.82, 2.24) is 10.1 Å². The highest BCUT2D eigenvalue weighted by atomic mass is 35.5. The molecule has 0 fully saturated rings. The van der Waals surface area contributed by atoms with Crippen molar-refractivity contribution < 1.29 is 4.52 Å². The molecule has 0 saturated carbocycles. The summed E-state index contributed by atoms with van der Waals surface area (Å²) in [6, 6.07) is 17.4. The molecule has 0 spiro atoms. The molecule has 0 saturated heterocycles. The van der Waals surface area contributed by atoms with Gasteiger partial charge < -0.3 is 4.52 Å². The zero-order valence-electron chi connectivity index (χ0n) is 10.1. The van der Waals surface area contributed by atoms with Crippen molar-refractivity contribution in [3.8, 4) is 11.5 Å². The number of halogens is 1. The molecule has 0 aliphatic heterocycles. The molecule has 4 heteroatoms. The van der Waals surface area contributed by atoms with E-state index in [2.05, 4.69) is 10.1 Å². The number of rotatable bonds is 3. The van der Waals surface area contributed by atoms with Crippen molar-refractivity contribution >= 4 is 11.6 Å². The summed E-state index contributed by atoms with van der Waals surface area (Å²) in [6.45, 7) is 0. The van der Waals surface area contributed by atoms with Gasteiger partial charge in [-0.05, 0) is 29.8 Å². The van der Waals surface area contributed by atoms with Gasteiger partial charge in [0.2, 0.25) is 0 Å². The van der Waals surface area contributed by atoms with Crippen molar-refractivity contribution in [2.75, 3.05) is 0 Å². The number of nitrogens with zero attached hydrogens (tertiary/aromatic N) is 2. The fourth-order valence-corrected chi connectivity index (χ4v) is 1.93. The van der Waals surface area contributed by atoms with E-state index in [0.29, 0.717) is 18.1 Å². The van der Waals surface area contributed by atoms with Crippen LogP contribution in [0.4, 0.5) is 0 Å². The molecule has 0 bridgehead atoms. The second-order valence-corrected chi connectivity index (χ2v) is 4.62. The maximum Gasteiger partial charge on any atom is 0.257 e. The van der Waals surface area contributed by atoms with Gasteiger partial charge in [0.15, 0.2) is 5.82 Å². The Kier molecular flexibility index (Phi) is 3.29. The summed E-state index contributed by atoms with van der Waals surface area (Å²) in [5.41, 5.74) is 2.03. The van der Waals surface area contributed by atoms with E-state index < -0.39 is 0 Å². The van der Waals surface area contributed by atoms with Gasteiger partial charge in [0.25, 0.3) is 5.89 Å².